The molecule has 0 radical (unpaired) electrons. The van der Waals surface area contributed by atoms with Gasteiger partial charge in [-0.15, -0.1) is 0 Å². The molecule has 60 valence electrons. The second kappa shape index (κ2) is 2.97. The van der Waals surface area contributed by atoms with E-state index < -0.39 is 0 Å². The Balaban J connectivity index is 2.09. The first-order chi connectivity index (χ1) is 5.88. The van der Waals surface area contributed by atoms with Crippen molar-refractivity contribution in [1.29, 1.82) is 0 Å². The van der Waals surface area contributed by atoms with Crippen molar-refractivity contribution in [3.63, 3.8) is 0 Å². The highest BCUT2D eigenvalue weighted by Gasteiger charge is 2.28. The molecule has 0 saturated carbocycles. The van der Waals surface area contributed by atoms with Crippen molar-refractivity contribution in [1.82, 2.24) is 0 Å². The summed E-state index contributed by atoms with van der Waals surface area (Å²) in [6.07, 6.45) is 6.13. The van der Waals surface area contributed by atoms with Crippen LogP contribution in [0.15, 0.2) is 20.2 Å². The molecule has 2 heterocycles. The minimum Gasteiger partial charge on any atom is -0.183 e. The van der Waals surface area contributed by atoms with E-state index in [9.17, 15) is 0 Å². The summed E-state index contributed by atoms with van der Waals surface area (Å²) in [4.78, 5) is 7.61. The average molecular weight is 182 g/mol. The van der Waals surface area contributed by atoms with Gasteiger partial charge in [0.15, 0.2) is 12.7 Å². The third kappa shape index (κ3) is 1.20. The van der Waals surface area contributed by atoms with Crippen LogP contribution in [-0.4, -0.2) is 30.5 Å². The van der Waals surface area contributed by atoms with E-state index >= 15 is 0 Å². The maximum atomic E-state index is 5.09. The number of hydrogen-bond acceptors (Lipinski definition) is 5. The molecule has 2 atom stereocenters. The van der Waals surface area contributed by atoms with Gasteiger partial charge in [0.25, 0.3) is 0 Å². The van der Waals surface area contributed by atoms with E-state index in [1.165, 1.54) is 12.7 Å². The summed E-state index contributed by atoms with van der Waals surface area (Å²) in [5.41, 5.74) is 0. The Morgan fingerprint density at radius 1 is 1.00 bits per heavy atom. The average Bonchev–Trinajstić information content (AvgIpc) is 2.77. The molecule has 2 aliphatic rings. The lowest BCUT2D eigenvalue weighted by molar-refractivity contribution is -0.833. The zero-order chi connectivity index (χ0) is 8.39. The fourth-order valence-electron chi connectivity index (χ4n) is 0.831. The molecule has 2 N–H and O–H groups in total. The Labute approximate surface area is 73.6 Å². The van der Waals surface area contributed by atoms with Gasteiger partial charge in [-0.2, -0.15) is 9.98 Å². The molecule has 0 aliphatic carbocycles. The third-order valence-corrected chi connectivity index (χ3v) is 1.80. The lowest BCUT2D eigenvalue weighted by Crippen LogP contribution is -3.29. The molecule has 2 unspecified atom stereocenters. The fraction of sp³-hybridized carbons (Fsp3) is 0. The summed E-state index contributed by atoms with van der Waals surface area (Å²) in [6, 6.07) is 0. The Hall–Kier alpha value is -1.31. The number of nitrogens with one attached hydrogen (secondary N) is 2. The molecule has 2 aliphatic heterocycles. The van der Waals surface area contributed by atoms with Crippen LogP contribution in [0.4, 0.5) is 0 Å². The molecule has 0 aromatic rings. The van der Waals surface area contributed by atoms with Crippen LogP contribution in [0, 0.1) is 0 Å². The Bertz CT molecular complexity index is 262. The summed E-state index contributed by atoms with van der Waals surface area (Å²) in [6.45, 7) is 0. The predicted octanol–water partition coefficient (Wildman–Crippen LogP) is -2.99. The Morgan fingerprint density at radius 3 is 1.83 bits per heavy atom. The molecule has 7 heteroatoms. The summed E-state index contributed by atoms with van der Waals surface area (Å²) in [5, 5.41) is 9.84. The fourth-order valence-corrected chi connectivity index (χ4v) is 1.04. The van der Waals surface area contributed by atoms with Gasteiger partial charge >= 0.3 is 5.11 Å². The van der Waals surface area contributed by atoms with Crippen LogP contribution in [0.25, 0.3) is 0 Å². The van der Waals surface area contributed by atoms with Gasteiger partial charge < -0.3 is 0 Å². The smallest absolute Gasteiger partial charge is 0.183 e. The van der Waals surface area contributed by atoms with Crippen LogP contribution in [0.3, 0.4) is 0 Å². The van der Waals surface area contributed by atoms with Crippen LogP contribution >= 0.6 is 12.2 Å². The van der Waals surface area contributed by atoms with Gasteiger partial charge in [0.1, 0.15) is 0 Å². The lowest BCUT2D eigenvalue weighted by atomic mass is 10.9. The molecule has 0 amide bonds. The molecular formula is C5H6N6S+2. The second-order valence-electron chi connectivity index (χ2n) is 2.15. The molecule has 12 heavy (non-hydrogen) atoms. The van der Waals surface area contributed by atoms with Crippen LogP contribution in [0.1, 0.15) is 0 Å². The Kier molecular flexibility index (Phi) is 1.82. The van der Waals surface area contributed by atoms with E-state index in [-0.39, 0.29) is 0 Å². The number of rotatable bonds is 0. The van der Waals surface area contributed by atoms with Gasteiger partial charge in [-0.1, -0.05) is 20.2 Å². The highest BCUT2D eigenvalue weighted by Crippen LogP contribution is 1.65. The van der Waals surface area contributed by atoms with Crippen LogP contribution < -0.4 is 10.0 Å². The van der Waals surface area contributed by atoms with Gasteiger partial charge in [-0.3, -0.25) is 0 Å². The molecule has 0 aromatic carbocycles. The number of nitrogens with zero attached hydrogens (tertiary/aromatic N) is 4. The first-order valence-electron chi connectivity index (χ1n) is 3.28. The van der Waals surface area contributed by atoms with Crippen molar-refractivity contribution < 1.29 is 10.0 Å². The third-order valence-electron chi connectivity index (χ3n) is 1.39. The molecule has 0 aromatic heterocycles. The van der Waals surface area contributed by atoms with E-state index in [1.54, 1.807) is 12.7 Å². The van der Waals surface area contributed by atoms with E-state index in [1.807, 2.05) is 0 Å². The van der Waals surface area contributed by atoms with Crippen LogP contribution in [0.5, 0.6) is 0 Å². The van der Waals surface area contributed by atoms with Crippen LogP contribution in [0.2, 0.25) is 0 Å². The lowest BCUT2D eigenvalue weighted by Gasteiger charge is -2.02. The molecule has 0 fully saturated rings. The first-order valence-corrected chi connectivity index (χ1v) is 3.69. The Morgan fingerprint density at radius 2 is 1.50 bits per heavy atom. The van der Waals surface area contributed by atoms with Crippen molar-refractivity contribution in [2.75, 3.05) is 0 Å². The van der Waals surface area contributed by atoms with Gasteiger partial charge in [-0.05, 0) is 0 Å². The summed E-state index contributed by atoms with van der Waals surface area (Å²) in [7, 11) is 0. The van der Waals surface area contributed by atoms with E-state index in [0.717, 1.165) is 0 Å². The summed E-state index contributed by atoms with van der Waals surface area (Å²) >= 11 is 5.09. The van der Waals surface area contributed by atoms with Crippen molar-refractivity contribution in [2.24, 2.45) is 20.2 Å². The minimum atomic E-state index is 0.588. The topological polar surface area (TPSA) is 58.3 Å². The van der Waals surface area contributed by atoms with Gasteiger partial charge in [0, 0.05) is 0 Å². The quantitative estimate of drug-likeness (QED) is 0.386. The van der Waals surface area contributed by atoms with Crippen molar-refractivity contribution >= 4 is 42.7 Å². The molecule has 6 nitrogen and oxygen atoms in total. The SMILES string of the molecule is S=C([NH+]1C=NC=N1)[NH+]1C=NC=N1. The predicted molar refractivity (Wildman–Crippen MR) is 48.5 cm³/mol. The zero-order valence-corrected chi connectivity index (χ0v) is 6.82. The van der Waals surface area contributed by atoms with Gasteiger partial charge in [0.05, 0.1) is 12.2 Å². The van der Waals surface area contributed by atoms with Crippen molar-refractivity contribution in [2.45, 2.75) is 0 Å². The number of thiocarbonyl (C=S) groups is 1. The number of quaternary nitrogens is 2. The monoisotopic (exact) mass is 182 g/mol. The van der Waals surface area contributed by atoms with Crippen molar-refractivity contribution in [3.05, 3.63) is 0 Å². The van der Waals surface area contributed by atoms with Gasteiger partial charge in [-0.25, -0.2) is 0 Å². The molecule has 2 rings (SSSR count). The molecule has 0 bridgehead atoms. The highest BCUT2D eigenvalue weighted by atomic mass is 32.1. The standard InChI is InChI=1S/C5H4N6S/c12-5(10-3-6-1-8-10)11-4-7-2-9-11/h1-4H/p+2. The normalized spacial score (nSPS) is 30.3. The maximum absolute atomic E-state index is 5.09. The molecule has 0 spiro atoms. The maximum Gasteiger partial charge on any atom is 0.426 e. The van der Waals surface area contributed by atoms with E-state index in [4.69, 9.17) is 12.2 Å². The summed E-state index contributed by atoms with van der Waals surface area (Å²) in [5.74, 6) is 0. The van der Waals surface area contributed by atoms with Crippen LogP contribution in [-0.2, 0) is 0 Å². The minimum absolute atomic E-state index is 0.588. The molecule has 0 saturated heterocycles. The summed E-state index contributed by atoms with van der Waals surface area (Å²) < 4.78 is 0. The van der Waals surface area contributed by atoms with Crippen molar-refractivity contribution in [3.8, 4) is 0 Å². The largest absolute Gasteiger partial charge is 0.426 e. The molecular weight excluding hydrogens is 176 g/mol. The van der Waals surface area contributed by atoms with E-state index in [2.05, 4.69) is 20.2 Å². The van der Waals surface area contributed by atoms with Gasteiger partial charge in [0.2, 0.25) is 12.7 Å². The van der Waals surface area contributed by atoms with E-state index in [0.29, 0.717) is 15.1 Å². The second-order valence-corrected chi connectivity index (χ2v) is 2.55. The highest BCUT2D eigenvalue weighted by molar-refractivity contribution is 7.79. The number of aliphatic imine (C=N–C) groups is 2. The zero-order valence-electron chi connectivity index (χ0n) is 6.01. The number of hydrogen-bond donors (Lipinski definition) is 2. The first kappa shape index (κ1) is 7.35.